The van der Waals surface area contributed by atoms with Crippen molar-refractivity contribution in [3.63, 3.8) is 0 Å². The minimum atomic E-state index is 0.178. The molecule has 0 saturated heterocycles. The van der Waals surface area contributed by atoms with Crippen LogP contribution in [-0.2, 0) is 4.79 Å². The number of carbonyl (C=O) groups excluding carboxylic acids is 1. The van der Waals surface area contributed by atoms with Gasteiger partial charge in [-0.2, -0.15) is 0 Å². The number of allylic oxidation sites excluding steroid dienone is 2. The summed E-state index contributed by atoms with van der Waals surface area (Å²) in [4.78, 5) is 11.6. The van der Waals surface area contributed by atoms with Crippen LogP contribution in [0.2, 0.25) is 0 Å². The molecule has 1 nitrogen and oxygen atoms in total. The molecule has 2 rings (SSSR count). The highest BCUT2D eigenvalue weighted by molar-refractivity contribution is 6.00. The maximum atomic E-state index is 11.6. The third-order valence-electron chi connectivity index (χ3n) is 3.37. The molecule has 0 aromatic heterocycles. The zero-order valence-corrected chi connectivity index (χ0v) is 8.11. The van der Waals surface area contributed by atoms with Crippen LogP contribution in [0.4, 0.5) is 0 Å². The van der Waals surface area contributed by atoms with Gasteiger partial charge in [-0.25, -0.2) is 0 Å². The number of hydrogen-bond donors (Lipinski definition) is 0. The maximum absolute atomic E-state index is 11.6. The van der Waals surface area contributed by atoms with Crippen molar-refractivity contribution < 1.29 is 4.79 Å². The zero-order valence-electron chi connectivity index (χ0n) is 8.11. The molecule has 0 fully saturated rings. The SMILES string of the molecule is C[C@@H]1CCC2=C1C(=O)CC2(C)C. The van der Waals surface area contributed by atoms with Crippen molar-refractivity contribution in [2.45, 2.75) is 40.0 Å². The standard InChI is InChI=1S/C11H16O/c1-7-4-5-8-10(7)9(12)6-11(8,2)3/h7H,4-6H2,1-3H3/t7-/m1/s1. The van der Waals surface area contributed by atoms with Crippen LogP contribution in [0.5, 0.6) is 0 Å². The third-order valence-corrected chi connectivity index (χ3v) is 3.37. The second-order valence-corrected chi connectivity index (χ2v) is 4.82. The third kappa shape index (κ3) is 0.886. The fourth-order valence-corrected chi connectivity index (χ4v) is 2.69. The normalized spacial score (nSPS) is 32.9. The van der Waals surface area contributed by atoms with Gasteiger partial charge < -0.3 is 0 Å². The first kappa shape index (κ1) is 8.03. The zero-order chi connectivity index (χ0) is 8.93. The number of ketones is 1. The molecule has 0 unspecified atom stereocenters. The number of carbonyl (C=O) groups is 1. The van der Waals surface area contributed by atoms with Crippen LogP contribution < -0.4 is 0 Å². The predicted molar refractivity (Wildman–Crippen MR) is 48.8 cm³/mol. The average molecular weight is 164 g/mol. The Morgan fingerprint density at radius 1 is 1.42 bits per heavy atom. The van der Waals surface area contributed by atoms with Gasteiger partial charge in [-0.3, -0.25) is 4.79 Å². The van der Waals surface area contributed by atoms with E-state index in [0.29, 0.717) is 11.7 Å². The molecule has 0 spiro atoms. The average Bonchev–Trinajstić information content (AvgIpc) is 2.38. The van der Waals surface area contributed by atoms with Crippen LogP contribution in [0.1, 0.15) is 40.0 Å². The summed E-state index contributed by atoms with van der Waals surface area (Å²) in [5, 5.41) is 0. The van der Waals surface area contributed by atoms with Gasteiger partial charge in [0.25, 0.3) is 0 Å². The van der Waals surface area contributed by atoms with Gasteiger partial charge in [0.2, 0.25) is 0 Å². The highest BCUT2D eigenvalue weighted by Gasteiger charge is 2.42. The summed E-state index contributed by atoms with van der Waals surface area (Å²) in [7, 11) is 0. The van der Waals surface area contributed by atoms with Gasteiger partial charge in [-0.15, -0.1) is 0 Å². The summed E-state index contributed by atoms with van der Waals surface area (Å²) in [6, 6.07) is 0. The van der Waals surface area contributed by atoms with E-state index in [0.717, 1.165) is 12.8 Å². The van der Waals surface area contributed by atoms with E-state index >= 15 is 0 Å². The van der Waals surface area contributed by atoms with E-state index in [2.05, 4.69) is 20.8 Å². The molecule has 2 aliphatic rings. The van der Waals surface area contributed by atoms with E-state index in [9.17, 15) is 4.79 Å². The van der Waals surface area contributed by atoms with Gasteiger partial charge in [0.05, 0.1) is 0 Å². The molecule has 0 radical (unpaired) electrons. The van der Waals surface area contributed by atoms with E-state index in [4.69, 9.17) is 0 Å². The topological polar surface area (TPSA) is 17.1 Å². The van der Waals surface area contributed by atoms with Crippen molar-refractivity contribution in [3.8, 4) is 0 Å². The minimum Gasteiger partial charge on any atom is -0.295 e. The van der Waals surface area contributed by atoms with Gasteiger partial charge >= 0.3 is 0 Å². The Bertz CT molecular complexity index is 271. The fraction of sp³-hybridized carbons (Fsp3) is 0.727. The molecule has 0 N–H and O–H groups in total. The Morgan fingerprint density at radius 2 is 2.08 bits per heavy atom. The van der Waals surface area contributed by atoms with E-state index < -0.39 is 0 Å². The van der Waals surface area contributed by atoms with Gasteiger partial charge in [0.1, 0.15) is 0 Å². The lowest BCUT2D eigenvalue weighted by Gasteiger charge is -2.19. The van der Waals surface area contributed by atoms with Crippen molar-refractivity contribution in [2.24, 2.45) is 11.3 Å². The highest BCUT2D eigenvalue weighted by atomic mass is 16.1. The van der Waals surface area contributed by atoms with Crippen molar-refractivity contribution in [1.82, 2.24) is 0 Å². The quantitative estimate of drug-likeness (QED) is 0.538. The van der Waals surface area contributed by atoms with E-state index in [1.807, 2.05) is 0 Å². The van der Waals surface area contributed by atoms with Crippen molar-refractivity contribution in [2.75, 3.05) is 0 Å². The molecule has 0 bridgehead atoms. The first-order valence-corrected chi connectivity index (χ1v) is 4.79. The highest BCUT2D eigenvalue weighted by Crippen LogP contribution is 2.50. The first-order chi connectivity index (χ1) is 5.52. The lowest BCUT2D eigenvalue weighted by Crippen LogP contribution is -2.12. The second kappa shape index (κ2) is 2.21. The molecule has 0 aromatic carbocycles. The van der Waals surface area contributed by atoms with Gasteiger partial charge in [-0.05, 0) is 29.7 Å². The monoisotopic (exact) mass is 164 g/mol. The molecule has 0 aromatic rings. The molecule has 1 heteroatoms. The summed E-state index contributed by atoms with van der Waals surface area (Å²) >= 11 is 0. The minimum absolute atomic E-state index is 0.178. The van der Waals surface area contributed by atoms with Gasteiger partial charge in [0.15, 0.2) is 5.78 Å². The van der Waals surface area contributed by atoms with E-state index in [1.54, 1.807) is 0 Å². The van der Waals surface area contributed by atoms with Crippen LogP contribution in [0.25, 0.3) is 0 Å². The molecule has 12 heavy (non-hydrogen) atoms. The van der Waals surface area contributed by atoms with Crippen LogP contribution in [0, 0.1) is 11.3 Å². The summed E-state index contributed by atoms with van der Waals surface area (Å²) in [5.41, 5.74) is 2.82. The summed E-state index contributed by atoms with van der Waals surface area (Å²) < 4.78 is 0. The first-order valence-electron chi connectivity index (χ1n) is 4.79. The maximum Gasteiger partial charge on any atom is 0.159 e. The number of hydrogen-bond acceptors (Lipinski definition) is 1. The Hall–Kier alpha value is -0.590. The van der Waals surface area contributed by atoms with E-state index in [-0.39, 0.29) is 5.41 Å². The number of rotatable bonds is 0. The molecule has 66 valence electrons. The molecule has 0 amide bonds. The molecule has 0 aliphatic heterocycles. The van der Waals surface area contributed by atoms with Crippen molar-refractivity contribution >= 4 is 5.78 Å². The second-order valence-electron chi connectivity index (χ2n) is 4.82. The smallest absolute Gasteiger partial charge is 0.159 e. The van der Waals surface area contributed by atoms with Crippen LogP contribution in [0.15, 0.2) is 11.1 Å². The summed E-state index contributed by atoms with van der Waals surface area (Å²) in [6.07, 6.45) is 3.11. The fourth-order valence-electron chi connectivity index (χ4n) is 2.69. The van der Waals surface area contributed by atoms with E-state index in [1.165, 1.54) is 17.6 Å². The summed E-state index contributed by atoms with van der Waals surface area (Å²) in [5.74, 6) is 0.953. The Balaban J connectivity index is 2.45. The van der Waals surface area contributed by atoms with Crippen LogP contribution in [-0.4, -0.2) is 5.78 Å². The largest absolute Gasteiger partial charge is 0.295 e. The van der Waals surface area contributed by atoms with Crippen molar-refractivity contribution in [3.05, 3.63) is 11.1 Å². The summed E-state index contributed by atoms with van der Waals surface area (Å²) in [6.45, 7) is 6.58. The Labute approximate surface area is 73.8 Å². The van der Waals surface area contributed by atoms with Crippen LogP contribution >= 0.6 is 0 Å². The Morgan fingerprint density at radius 3 is 2.67 bits per heavy atom. The van der Waals surface area contributed by atoms with Gasteiger partial charge in [-0.1, -0.05) is 26.3 Å². The molecule has 2 aliphatic carbocycles. The molecule has 1 atom stereocenters. The lowest BCUT2D eigenvalue weighted by molar-refractivity contribution is -0.116. The van der Waals surface area contributed by atoms with Gasteiger partial charge in [0, 0.05) is 6.42 Å². The van der Waals surface area contributed by atoms with Crippen molar-refractivity contribution in [1.29, 1.82) is 0 Å². The Kier molecular flexibility index (Phi) is 1.48. The predicted octanol–water partition coefficient (Wildman–Crippen LogP) is 2.71. The molecular weight excluding hydrogens is 148 g/mol. The molecule has 0 saturated carbocycles. The molecular formula is C11H16O. The lowest BCUT2D eigenvalue weighted by atomic mass is 9.84. The number of Topliss-reactive ketones (excluding diaryl/α,β-unsaturated/α-hetero) is 1. The molecule has 0 heterocycles. The van der Waals surface area contributed by atoms with Crippen LogP contribution in [0.3, 0.4) is 0 Å².